The Bertz CT molecular complexity index is 788. The molecule has 3 rings (SSSR count). The minimum absolute atomic E-state index is 0.186. The molecule has 1 aromatic carbocycles. The highest BCUT2D eigenvalue weighted by molar-refractivity contribution is 8.00. The monoisotopic (exact) mass is 406 g/mol. The Morgan fingerprint density at radius 3 is 2.78 bits per heavy atom. The van der Waals surface area contributed by atoms with Crippen LogP contribution < -0.4 is 0 Å². The minimum atomic E-state index is -0.212. The summed E-state index contributed by atoms with van der Waals surface area (Å²) in [6.45, 7) is 6.76. The van der Waals surface area contributed by atoms with Crippen LogP contribution in [0.3, 0.4) is 0 Å². The number of halogens is 1. The van der Waals surface area contributed by atoms with Crippen molar-refractivity contribution in [2.24, 2.45) is 0 Å². The predicted octanol–water partition coefficient (Wildman–Crippen LogP) is 4.89. The molecule has 0 saturated heterocycles. The molecule has 5 nitrogen and oxygen atoms in total. The quantitative estimate of drug-likeness (QED) is 0.641. The van der Waals surface area contributed by atoms with Gasteiger partial charge >= 0.3 is 0 Å². The predicted molar refractivity (Wildman–Crippen MR) is 111 cm³/mol. The van der Waals surface area contributed by atoms with E-state index in [1.807, 2.05) is 36.6 Å². The Kier molecular flexibility index (Phi) is 6.82. The number of carbonyl (C=O) groups is 1. The molecule has 7 heteroatoms. The van der Waals surface area contributed by atoms with Crippen LogP contribution in [-0.2, 0) is 4.79 Å². The van der Waals surface area contributed by atoms with E-state index >= 15 is 0 Å². The van der Waals surface area contributed by atoms with Gasteiger partial charge in [0.05, 0.1) is 10.9 Å². The van der Waals surface area contributed by atoms with Crippen molar-refractivity contribution in [2.45, 2.75) is 69.3 Å². The Morgan fingerprint density at radius 1 is 1.37 bits per heavy atom. The van der Waals surface area contributed by atoms with E-state index in [1.54, 1.807) is 6.33 Å². The maximum absolute atomic E-state index is 13.1. The first-order valence-electron chi connectivity index (χ1n) is 9.65. The molecule has 0 bridgehead atoms. The standard InChI is InChI=1S/C20H27ClN4OS/c1-4-24(16-8-6-5-7-9-16)19(26)15(3)27-20-23-22-13-25(20)17-11-10-14(2)18(21)12-17/h10-13,15-16H,4-9H2,1-3H3. The van der Waals surface area contributed by atoms with Crippen LogP contribution in [0.4, 0.5) is 0 Å². The van der Waals surface area contributed by atoms with Crippen molar-refractivity contribution in [3.63, 3.8) is 0 Å². The van der Waals surface area contributed by atoms with Gasteiger partial charge in [0.2, 0.25) is 5.91 Å². The van der Waals surface area contributed by atoms with Gasteiger partial charge < -0.3 is 4.90 Å². The number of benzene rings is 1. The Hall–Kier alpha value is -1.53. The van der Waals surface area contributed by atoms with E-state index in [2.05, 4.69) is 22.0 Å². The van der Waals surface area contributed by atoms with Crippen LogP contribution in [0.15, 0.2) is 29.7 Å². The zero-order chi connectivity index (χ0) is 19.4. The summed E-state index contributed by atoms with van der Waals surface area (Å²) in [7, 11) is 0. The van der Waals surface area contributed by atoms with Gasteiger partial charge in [-0.3, -0.25) is 9.36 Å². The number of hydrogen-bond donors (Lipinski definition) is 0. The summed E-state index contributed by atoms with van der Waals surface area (Å²) in [6.07, 6.45) is 7.63. The van der Waals surface area contributed by atoms with E-state index in [-0.39, 0.29) is 11.2 Å². The first-order chi connectivity index (χ1) is 13.0. The second kappa shape index (κ2) is 9.11. The van der Waals surface area contributed by atoms with Crippen LogP contribution in [0.5, 0.6) is 0 Å². The van der Waals surface area contributed by atoms with Crippen LogP contribution in [-0.4, -0.2) is 43.4 Å². The summed E-state index contributed by atoms with van der Waals surface area (Å²) in [5.74, 6) is 0.186. The number of nitrogens with zero attached hydrogens (tertiary/aromatic N) is 4. The van der Waals surface area contributed by atoms with Crippen LogP contribution in [0.2, 0.25) is 5.02 Å². The molecule has 0 aliphatic heterocycles. The van der Waals surface area contributed by atoms with E-state index in [0.29, 0.717) is 16.2 Å². The topological polar surface area (TPSA) is 51.0 Å². The molecule has 1 atom stereocenters. The fourth-order valence-corrected chi connectivity index (χ4v) is 4.73. The summed E-state index contributed by atoms with van der Waals surface area (Å²) in [5, 5.41) is 9.47. The minimum Gasteiger partial charge on any atom is -0.339 e. The van der Waals surface area contributed by atoms with Gasteiger partial charge in [-0.15, -0.1) is 10.2 Å². The molecule has 0 radical (unpaired) electrons. The molecule has 1 unspecified atom stereocenters. The molecule has 0 spiro atoms. The van der Waals surface area contributed by atoms with Crippen molar-refractivity contribution in [3.05, 3.63) is 35.1 Å². The zero-order valence-corrected chi connectivity index (χ0v) is 17.8. The van der Waals surface area contributed by atoms with Crippen molar-refractivity contribution in [2.75, 3.05) is 6.54 Å². The molecule has 146 valence electrons. The normalized spacial score (nSPS) is 16.3. The molecular weight excluding hydrogens is 380 g/mol. The first-order valence-corrected chi connectivity index (χ1v) is 10.9. The number of amides is 1. The molecule has 1 aliphatic carbocycles. The van der Waals surface area contributed by atoms with Gasteiger partial charge in [-0.05, 0) is 51.3 Å². The molecule has 2 aromatic rings. The SMILES string of the molecule is CCN(C(=O)C(C)Sc1nncn1-c1ccc(C)c(Cl)c1)C1CCCCC1. The molecule has 27 heavy (non-hydrogen) atoms. The van der Waals surface area contributed by atoms with Gasteiger partial charge in [-0.2, -0.15) is 0 Å². The number of hydrogen-bond acceptors (Lipinski definition) is 4. The van der Waals surface area contributed by atoms with E-state index in [4.69, 9.17) is 11.6 Å². The highest BCUT2D eigenvalue weighted by Crippen LogP contribution is 2.29. The summed E-state index contributed by atoms with van der Waals surface area (Å²) in [5.41, 5.74) is 1.93. The third-order valence-electron chi connectivity index (χ3n) is 5.22. The number of aromatic nitrogens is 3. The number of aryl methyl sites for hydroxylation is 1. The van der Waals surface area contributed by atoms with Crippen LogP contribution >= 0.6 is 23.4 Å². The van der Waals surface area contributed by atoms with E-state index < -0.39 is 0 Å². The average molecular weight is 407 g/mol. The van der Waals surface area contributed by atoms with Gasteiger partial charge in [0, 0.05) is 17.6 Å². The van der Waals surface area contributed by atoms with Crippen molar-refractivity contribution < 1.29 is 4.79 Å². The average Bonchev–Trinajstić information content (AvgIpc) is 3.13. The lowest BCUT2D eigenvalue weighted by Gasteiger charge is -2.35. The number of rotatable bonds is 6. The molecular formula is C20H27ClN4OS. The second-order valence-corrected chi connectivity index (χ2v) is 8.81. The van der Waals surface area contributed by atoms with Crippen LogP contribution in [0.25, 0.3) is 5.69 Å². The van der Waals surface area contributed by atoms with Crippen molar-refractivity contribution >= 4 is 29.3 Å². The van der Waals surface area contributed by atoms with Crippen molar-refractivity contribution in [1.29, 1.82) is 0 Å². The Balaban J connectivity index is 1.74. The fraction of sp³-hybridized carbons (Fsp3) is 0.550. The first kappa shape index (κ1) is 20.2. The molecule has 1 amide bonds. The van der Waals surface area contributed by atoms with Crippen molar-refractivity contribution in [1.82, 2.24) is 19.7 Å². The Labute approximate surface area is 170 Å². The van der Waals surface area contributed by atoms with Crippen LogP contribution in [0.1, 0.15) is 51.5 Å². The largest absolute Gasteiger partial charge is 0.339 e. The number of thioether (sulfide) groups is 1. The molecule has 1 aromatic heterocycles. The van der Waals surface area contributed by atoms with Gasteiger partial charge in [0.1, 0.15) is 6.33 Å². The summed E-state index contributed by atoms with van der Waals surface area (Å²) in [4.78, 5) is 15.1. The maximum Gasteiger partial charge on any atom is 0.236 e. The van der Waals surface area contributed by atoms with Gasteiger partial charge in [0.25, 0.3) is 0 Å². The van der Waals surface area contributed by atoms with Gasteiger partial charge in [-0.1, -0.05) is 48.7 Å². The van der Waals surface area contributed by atoms with Gasteiger partial charge in [-0.25, -0.2) is 0 Å². The summed E-state index contributed by atoms with van der Waals surface area (Å²) < 4.78 is 1.89. The summed E-state index contributed by atoms with van der Waals surface area (Å²) >= 11 is 7.72. The molecule has 1 fully saturated rings. The van der Waals surface area contributed by atoms with Gasteiger partial charge in [0.15, 0.2) is 5.16 Å². The van der Waals surface area contributed by atoms with Crippen molar-refractivity contribution in [3.8, 4) is 5.69 Å². The second-order valence-electron chi connectivity index (χ2n) is 7.09. The molecule has 1 heterocycles. The zero-order valence-electron chi connectivity index (χ0n) is 16.2. The van der Waals surface area contributed by atoms with E-state index in [0.717, 1.165) is 30.6 Å². The maximum atomic E-state index is 13.1. The highest BCUT2D eigenvalue weighted by Gasteiger charge is 2.28. The fourth-order valence-electron chi connectivity index (χ4n) is 3.64. The molecule has 1 aliphatic rings. The lowest BCUT2D eigenvalue weighted by molar-refractivity contribution is -0.133. The van der Waals surface area contributed by atoms with E-state index in [9.17, 15) is 4.79 Å². The van der Waals surface area contributed by atoms with Crippen LogP contribution in [0, 0.1) is 6.92 Å². The number of carbonyl (C=O) groups excluding carboxylic acids is 1. The lowest BCUT2D eigenvalue weighted by atomic mass is 9.94. The summed E-state index contributed by atoms with van der Waals surface area (Å²) in [6, 6.07) is 6.24. The highest BCUT2D eigenvalue weighted by atomic mass is 35.5. The molecule has 1 saturated carbocycles. The smallest absolute Gasteiger partial charge is 0.236 e. The lowest BCUT2D eigenvalue weighted by Crippen LogP contribution is -2.44. The molecule has 0 N–H and O–H groups in total. The Morgan fingerprint density at radius 2 is 2.11 bits per heavy atom. The third-order valence-corrected chi connectivity index (χ3v) is 6.67. The van der Waals surface area contributed by atoms with E-state index in [1.165, 1.54) is 31.0 Å². The third kappa shape index (κ3) is 4.66.